The van der Waals surface area contributed by atoms with Crippen LogP contribution in [0.4, 0.5) is 0 Å². The van der Waals surface area contributed by atoms with Gasteiger partial charge in [0, 0.05) is 19.1 Å². The third kappa shape index (κ3) is 4.53. The van der Waals surface area contributed by atoms with Crippen molar-refractivity contribution >= 4 is 5.78 Å². The number of carbonyl (C=O) groups is 1. The summed E-state index contributed by atoms with van der Waals surface area (Å²) >= 11 is 0. The first kappa shape index (κ1) is 16.5. The molecule has 0 aliphatic carbocycles. The van der Waals surface area contributed by atoms with E-state index in [1.165, 1.54) is 0 Å². The predicted molar refractivity (Wildman–Crippen MR) is 78.8 cm³/mol. The number of Topliss-reactive ketones (excluding diaryl/α,β-unsaturated/α-hetero) is 1. The van der Waals surface area contributed by atoms with E-state index >= 15 is 0 Å². The molecule has 1 aromatic carbocycles. The quantitative estimate of drug-likeness (QED) is 0.684. The largest absolute Gasteiger partial charge is 0.490 e. The highest BCUT2D eigenvalue weighted by Gasteiger charge is 2.22. The second kappa shape index (κ2) is 7.29. The Morgan fingerprint density at radius 2 is 1.70 bits per heavy atom. The van der Waals surface area contributed by atoms with Crippen molar-refractivity contribution in [1.29, 1.82) is 0 Å². The van der Waals surface area contributed by atoms with Gasteiger partial charge in [-0.25, -0.2) is 0 Å². The molecule has 1 aromatic rings. The minimum Gasteiger partial charge on any atom is -0.490 e. The molecule has 0 N–H and O–H groups in total. The Balaban J connectivity index is 2.96. The van der Waals surface area contributed by atoms with Gasteiger partial charge in [-0.1, -0.05) is 0 Å². The predicted octanol–water partition coefficient (Wildman–Crippen LogP) is 3.48. The summed E-state index contributed by atoms with van der Waals surface area (Å²) < 4.78 is 16.3. The van der Waals surface area contributed by atoms with E-state index in [1.807, 2.05) is 27.7 Å². The first-order valence-electron chi connectivity index (χ1n) is 6.91. The summed E-state index contributed by atoms with van der Waals surface area (Å²) in [5.41, 5.74) is 0.142. The molecule has 0 aromatic heterocycles. The number of benzene rings is 1. The molecule has 4 nitrogen and oxygen atoms in total. The molecule has 4 heteroatoms. The van der Waals surface area contributed by atoms with Gasteiger partial charge in [0.1, 0.15) is 0 Å². The van der Waals surface area contributed by atoms with Crippen molar-refractivity contribution in [2.75, 3.05) is 20.3 Å². The lowest BCUT2D eigenvalue weighted by Gasteiger charge is -2.22. The van der Waals surface area contributed by atoms with Crippen LogP contribution in [0.3, 0.4) is 0 Å². The minimum absolute atomic E-state index is 0.0286. The van der Waals surface area contributed by atoms with E-state index in [0.717, 1.165) is 0 Å². The topological polar surface area (TPSA) is 44.8 Å². The fourth-order valence-corrected chi connectivity index (χ4v) is 1.79. The highest BCUT2D eigenvalue weighted by Crippen LogP contribution is 2.29. The zero-order valence-electron chi connectivity index (χ0n) is 13.0. The average Bonchev–Trinajstić information content (AvgIpc) is 2.40. The molecule has 0 unspecified atom stereocenters. The fraction of sp³-hybridized carbons (Fsp3) is 0.562. The van der Waals surface area contributed by atoms with Gasteiger partial charge >= 0.3 is 0 Å². The Bertz CT molecular complexity index is 452. The SMILES string of the molecule is CCOc1ccc(C(=O)CC(C)(C)OC)cc1OCC. The maximum absolute atomic E-state index is 12.3. The molecular formula is C16H24O4. The molecule has 112 valence electrons. The molecule has 0 aliphatic heterocycles. The van der Waals surface area contributed by atoms with E-state index in [4.69, 9.17) is 14.2 Å². The Morgan fingerprint density at radius 1 is 1.10 bits per heavy atom. The average molecular weight is 280 g/mol. The first-order valence-corrected chi connectivity index (χ1v) is 6.91. The Morgan fingerprint density at radius 3 is 2.25 bits per heavy atom. The Labute approximate surface area is 121 Å². The van der Waals surface area contributed by atoms with Gasteiger partial charge in [-0.3, -0.25) is 4.79 Å². The van der Waals surface area contributed by atoms with Crippen molar-refractivity contribution in [3.8, 4) is 11.5 Å². The van der Waals surface area contributed by atoms with E-state index in [2.05, 4.69) is 0 Å². The second-order valence-corrected chi connectivity index (χ2v) is 5.09. The molecule has 0 amide bonds. The summed E-state index contributed by atoms with van der Waals surface area (Å²) in [6.45, 7) is 8.69. The van der Waals surface area contributed by atoms with Crippen LogP contribution in [0.5, 0.6) is 11.5 Å². The number of hydrogen-bond acceptors (Lipinski definition) is 4. The zero-order chi connectivity index (χ0) is 15.2. The van der Waals surface area contributed by atoms with Crippen LogP contribution in [-0.4, -0.2) is 31.7 Å². The van der Waals surface area contributed by atoms with Crippen molar-refractivity contribution in [3.63, 3.8) is 0 Å². The molecule has 20 heavy (non-hydrogen) atoms. The van der Waals surface area contributed by atoms with Crippen molar-refractivity contribution in [1.82, 2.24) is 0 Å². The molecule has 0 heterocycles. The molecule has 0 spiro atoms. The summed E-state index contributed by atoms with van der Waals surface area (Å²) in [5.74, 6) is 1.30. The van der Waals surface area contributed by atoms with Gasteiger partial charge in [0.25, 0.3) is 0 Å². The van der Waals surface area contributed by atoms with Gasteiger partial charge in [0.2, 0.25) is 0 Å². The monoisotopic (exact) mass is 280 g/mol. The van der Waals surface area contributed by atoms with E-state index in [1.54, 1.807) is 25.3 Å². The number of rotatable bonds is 8. The molecule has 1 rings (SSSR count). The van der Waals surface area contributed by atoms with Crippen LogP contribution in [0.25, 0.3) is 0 Å². The van der Waals surface area contributed by atoms with E-state index < -0.39 is 5.60 Å². The van der Waals surface area contributed by atoms with Crippen LogP contribution in [0.2, 0.25) is 0 Å². The third-order valence-electron chi connectivity index (χ3n) is 3.00. The number of ketones is 1. The summed E-state index contributed by atoms with van der Waals surface area (Å²) in [5, 5.41) is 0. The summed E-state index contributed by atoms with van der Waals surface area (Å²) in [6.07, 6.45) is 0.322. The van der Waals surface area contributed by atoms with Crippen LogP contribution >= 0.6 is 0 Å². The van der Waals surface area contributed by atoms with Gasteiger partial charge in [-0.15, -0.1) is 0 Å². The molecule has 0 aliphatic rings. The van der Waals surface area contributed by atoms with E-state index in [0.29, 0.717) is 36.7 Å². The van der Waals surface area contributed by atoms with Crippen molar-refractivity contribution in [2.24, 2.45) is 0 Å². The number of hydrogen-bond donors (Lipinski definition) is 0. The lowest BCUT2D eigenvalue weighted by atomic mass is 9.97. The van der Waals surface area contributed by atoms with Gasteiger partial charge in [-0.05, 0) is 45.9 Å². The van der Waals surface area contributed by atoms with Crippen LogP contribution in [0, 0.1) is 0 Å². The molecular weight excluding hydrogens is 256 g/mol. The molecule has 0 atom stereocenters. The Kier molecular flexibility index (Phi) is 6.02. The lowest BCUT2D eigenvalue weighted by Crippen LogP contribution is -2.26. The van der Waals surface area contributed by atoms with Crippen molar-refractivity contribution in [2.45, 2.75) is 39.7 Å². The minimum atomic E-state index is -0.471. The molecule has 0 radical (unpaired) electrons. The maximum Gasteiger partial charge on any atom is 0.165 e. The first-order chi connectivity index (χ1) is 9.43. The van der Waals surface area contributed by atoms with Crippen LogP contribution in [0.1, 0.15) is 44.5 Å². The standard InChI is InChI=1S/C16H24O4/c1-6-19-14-9-8-12(10-15(14)20-7-2)13(17)11-16(3,4)18-5/h8-10H,6-7,11H2,1-5H3. The molecule has 0 fully saturated rings. The third-order valence-corrected chi connectivity index (χ3v) is 3.00. The van der Waals surface area contributed by atoms with Crippen molar-refractivity contribution < 1.29 is 19.0 Å². The van der Waals surface area contributed by atoms with Crippen molar-refractivity contribution in [3.05, 3.63) is 23.8 Å². The smallest absolute Gasteiger partial charge is 0.165 e. The van der Waals surface area contributed by atoms with Gasteiger partial charge in [-0.2, -0.15) is 0 Å². The van der Waals surface area contributed by atoms with Gasteiger partial charge in [0.05, 0.1) is 18.8 Å². The van der Waals surface area contributed by atoms with Crippen LogP contribution in [-0.2, 0) is 4.74 Å². The van der Waals surface area contributed by atoms with E-state index in [9.17, 15) is 4.79 Å². The molecule has 0 bridgehead atoms. The molecule has 0 saturated heterocycles. The van der Waals surface area contributed by atoms with E-state index in [-0.39, 0.29) is 5.78 Å². The highest BCUT2D eigenvalue weighted by atomic mass is 16.5. The summed E-state index contributed by atoms with van der Waals surface area (Å²) in [7, 11) is 1.61. The second-order valence-electron chi connectivity index (χ2n) is 5.09. The number of methoxy groups -OCH3 is 1. The number of carbonyl (C=O) groups excluding carboxylic acids is 1. The van der Waals surface area contributed by atoms with Gasteiger partial charge < -0.3 is 14.2 Å². The number of ether oxygens (including phenoxy) is 3. The zero-order valence-corrected chi connectivity index (χ0v) is 13.0. The van der Waals surface area contributed by atoms with Gasteiger partial charge in [0.15, 0.2) is 17.3 Å². The summed E-state index contributed by atoms with van der Waals surface area (Å²) in [4.78, 5) is 12.3. The Hall–Kier alpha value is -1.55. The lowest BCUT2D eigenvalue weighted by molar-refractivity contribution is 0.0172. The molecule has 0 saturated carbocycles. The van der Waals surface area contributed by atoms with Crippen LogP contribution in [0.15, 0.2) is 18.2 Å². The van der Waals surface area contributed by atoms with Crippen LogP contribution < -0.4 is 9.47 Å². The maximum atomic E-state index is 12.3. The summed E-state index contributed by atoms with van der Waals surface area (Å²) in [6, 6.07) is 5.28. The normalized spacial score (nSPS) is 11.2. The fourth-order valence-electron chi connectivity index (χ4n) is 1.79. The highest BCUT2D eigenvalue weighted by molar-refractivity contribution is 5.97.